The number of rotatable bonds is 1. The van der Waals surface area contributed by atoms with Gasteiger partial charge in [0, 0.05) is 6.42 Å². The monoisotopic (exact) mass is 194 g/mol. The quantitative estimate of drug-likeness (QED) is 0.686. The van der Waals surface area contributed by atoms with Crippen molar-refractivity contribution < 1.29 is 13.9 Å². The molecule has 3 heteroatoms. The normalized spacial score (nSPS) is 20.1. The average Bonchev–Trinajstić information content (AvgIpc) is 2.19. The Kier molecular flexibility index (Phi) is 2.23. The van der Waals surface area contributed by atoms with Crippen LogP contribution in [0.15, 0.2) is 18.2 Å². The lowest BCUT2D eigenvalue weighted by molar-refractivity contribution is 0.0844. The van der Waals surface area contributed by atoms with Gasteiger partial charge in [-0.25, -0.2) is 4.39 Å². The molecule has 74 valence electrons. The third-order valence-corrected chi connectivity index (χ3v) is 2.40. The van der Waals surface area contributed by atoms with E-state index in [0.717, 1.165) is 6.42 Å². The molecule has 0 fully saturated rings. The number of ketones is 1. The second-order valence-electron chi connectivity index (χ2n) is 3.42. The highest BCUT2D eigenvalue weighted by Gasteiger charge is 2.25. The molecule has 0 spiro atoms. The zero-order valence-electron chi connectivity index (χ0n) is 7.92. The van der Waals surface area contributed by atoms with Gasteiger partial charge in [0.25, 0.3) is 0 Å². The molecule has 0 radical (unpaired) electrons. The summed E-state index contributed by atoms with van der Waals surface area (Å²) in [6, 6.07) is 4.07. The molecule has 1 atom stereocenters. The van der Waals surface area contributed by atoms with Gasteiger partial charge in [0.1, 0.15) is 17.7 Å². The first-order chi connectivity index (χ1) is 6.70. The highest BCUT2D eigenvalue weighted by Crippen LogP contribution is 2.28. The lowest BCUT2D eigenvalue weighted by atomic mass is 9.99. The van der Waals surface area contributed by atoms with Gasteiger partial charge in [-0.05, 0) is 24.6 Å². The molecule has 0 bridgehead atoms. The maximum absolute atomic E-state index is 12.8. The minimum Gasteiger partial charge on any atom is -0.489 e. The van der Waals surface area contributed by atoms with E-state index in [2.05, 4.69) is 0 Å². The molecule has 1 aliphatic heterocycles. The maximum atomic E-state index is 12.8. The van der Waals surface area contributed by atoms with Crippen molar-refractivity contribution >= 4 is 5.78 Å². The highest BCUT2D eigenvalue weighted by atomic mass is 19.1. The van der Waals surface area contributed by atoms with Crippen molar-refractivity contribution in [3.8, 4) is 5.75 Å². The van der Waals surface area contributed by atoms with Crippen LogP contribution < -0.4 is 4.74 Å². The Bertz CT molecular complexity index is 374. The summed E-state index contributed by atoms with van der Waals surface area (Å²) in [4.78, 5) is 11.6. The van der Waals surface area contributed by atoms with Crippen molar-refractivity contribution in [3.63, 3.8) is 0 Å². The summed E-state index contributed by atoms with van der Waals surface area (Å²) in [7, 11) is 0. The van der Waals surface area contributed by atoms with Crippen LogP contribution in [0.5, 0.6) is 5.75 Å². The minimum atomic E-state index is -0.393. The number of carbonyl (C=O) groups excluding carboxylic acids is 1. The minimum absolute atomic E-state index is 0.0300. The van der Waals surface area contributed by atoms with Crippen molar-refractivity contribution in [1.82, 2.24) is 0 Å². The molecule has 0 N–H and O–H groups in total. The molecule has 1 unspecified atom stereocenters. The van der Waals surface area contributed by atoms with Gasteiger partial charge < -0.3 is 4.74 Å². The third-order valence-electron chi connectivity index (χ3n) is 2.40. The predicted octanol–water partition coefficient (Wildman–Crippen LogP) is 2.57. The first-order valence-electron chi connectivity index (χ1n) is 4.70. The van der Waals surface area contributed by atoms with Crippen LogP contribution in [0, 0.1) is 5.82 Å². The molecular formula is C11H11FO2. The fourth-order valence-corrected chi connectivity index (χ4v) is 1.59. The molecule has 0 aliphatic carbocycles. The molecule has 0 saturated carbocycles. The van der Waals surface area contributed by atoms with Crippen molar-refractivity contribution in [2.24, 2.45) is 0 Å². The summed E-state index contributed by atoms with van der Waals surface area (Å²) in [6.45, 7) is 1.96. The fraction of sp³-hybridized carbons (Fsp3) is 0.364. The predicted molar refractivity (Wildman–Crippen MR) is 50.1 cm³/mol. The second-order valence-corrected chi connectivity index (χ2v) is 3.42. The Morgan fingerprint density at radius 3 is 3.07 bits per heavy atom. The summed E-state index contributed by atoms with van der Waals surface area (Å²) < 4.78 is 18.4. The van der Waals surface area contributed by atoms with Gasteiger partial charge in [-0.1, -0.05) is 6.92 Å². The van der Waals surface area contributed by atoms with E-state index in [4.69, 9.17) is 4.74 Å². The van der Waals surface area contributed by atoms with E-state index < -0.39 is 5.82 Å². The molecule has 0 aromatic heterocycles. The van der Waals surface area contributed by atoms with Crippen LogP contribution in [0.2, 0.25) is 0 Å². The summed E-state index contributed by atoms with van der Waals surface area (Å²) in [5, 5.41) is 0. The zero-order valence-corrected chi connectivity index (χ0v) is 7.92. The van der Waals surface area contributed by atoms with Crippen molar-refractivity contribution in [3.05, 3.63) is 29.6 Å². The standard InChI is InChI=1S/C11H11FO2/c1-2-8-6-10(13)9-5-7(12)3-4-11(9)14-8/h3-5,8H,2,6H2,1H3. The van der Waals surface area contributed by atoms with E-state index in [1.54, 1.807) is 0 Å². The molecule has 14 heavy (non-hydrogen) atoms. The van der Waals surface area contributed by atoms with Crippen molar-refractivity contribution in [2.75, 3.05) is 0 Å². The van der Waals surface area contributed by atoms with Crippen LogP contribution in [0.25, 0.3) is 0 Å². The largest absolute Gasteiger partial charge is 0.489 e. The molecule has 1 aromatic carbocycles. The molecule has 1 aromatic rings. The fourth-order valence-electron chi connectivity index (χ4n) is 1.59. The molecule has 1 aliphatic rings. The topological polar surface area (TPSA) is 26.3 Å². The van der Waals surface area contributed by atoms with Crippen molar-refractivity contribution in [2.45, 2.75) is 25.9 Å². The SMILES string of the molecule is CCC1CC(=O)c2cc(F)ccc2O1. The molecular weight excluding hydrogens is 183 g/mol. The molecule has 0 amide bonds. The highest BCUT2D eigenvalue weighted by molar-refractivity contribution is 5.99. The summed E-state index contributed by atoms with van der Waals surface area (Å²) in [6.07, 6.45) is 1.09. The number of carbonyl (C=O) groups is 1. The summed E-state index contributed by atoms with van der Waals surface area (Å²) in [5.74, 6) is 0.0859. The number of Topliss-reactive ketones (excluding diaryl/α,β-unsaturated/α-hetero) is 1. The number of hydrogen-bond acceptors (Lipinski definition) is 2. The maximum Gasteiger partial charge on any atom is 0.170 e. The molecule has 2 nitrogen and oxygen atoms in total. The van der Waals surface area contributed by atoms with Crippen LogP contribution in [-0.4, -0.2) is 11.9 Å². The number of fused-ring (bicyclic) bond motifs is 1. The second kappa shape index (κ2) is 3.40. The Balaban J connectivity index is 2.40. The zero-order chi connectivity index (χ0) is 10.1. The van der Waals surface area contributed by atoms with Gasteiger partial charge >= 0.3 is 0 Å². The lowest BCUT2D eigenvalue weighted by Gasteiger charge is -2.23. The average molecular weight is 194 g/mol. The Hall–Kier alpha value is -1.38. The van der Waals surface area contributed by atoms with Crippen molar-refractivity contribution in [1.29, 1.82) is 0 Å². The van der Waals surface area contributed by atoms with Gasteiger partial charge in [0.15, 0.2) is 5.78 Å². The van der Waals surface area contributed by atoms with E-state index in [0.29, 0.717) is 17.7 Å². The summed E-state index contributed by atoms with van der Waals surface area (Å²) >= 11 is 0. The molecule has 1 heterocycles. The van der Waals surface area contributed by atoms with Crippen LogP contribution in [-0.2, 0) is 0 Å². The van der Waals surface area contributed by atoms with E-state index in [1.807, 2.05) is 6.92 Å². The number of ether oxygens (including phenoxy) is 1. The van der Waals surface area contributed by atoms with Crippen LogP contribution >= 0.6 is 0 Å². The van der Waals surface area contributed by atoms with Crippen LogP contribution in [0.3, 0.4) is 0 Å². The Labute approximate surface area is 81.7 Å². The van der Waals surface area contributed by atoms with Crippen LogP contribution in [0.1, 0.15) is 30.1 Å². The van der Waals surface area contributed by atoms with E-state index in [-0.39, 0.29) is 11.9 Å². The van der Waals surface area contributed by atoms with E-state index >= 15 is 0 Å². The van der Waals surface area contributed by atoms with Crippen LogP contribution in [0.4, 0.5) is 4.39 Å². The van der Waals surface area contributed by atoms with Gasteiger partial charge in [-0.2, -0.15) is 0 Å². The van der Waals surface area contributed by atoms with Gasteiger partial charge in [0.2, 0.25) is 0 Å². The third kappa shape index (κ3) is 1.50. The van der Waals surface area contributed by atoms with E-state index in [9.17, 15) is 9.18 Å². The number of hydrogen-bond donors (Lipinski definition) is 0. The molecule has 0 saturated heterocycles. The van der Waals surface area contributed by atoms with E-state index in [1.165, 1.54) is 18.2 Å². The molecule has 2 rings (SSSR count). The van der Waals surface area contributed by atoms with Gasteiger partial charge in [-0.15, -0.1) is 0 Å². The smallest absolute Gasteiger partial charge is 0.170 e. The number of benzene rings is 1. The first-order valence-corrected chi connectivity index (χ1v) is 4.70. The van der Waals surface area contributed by atoms with Gasteiger partial charge in [0.05, 0.1) is 5.56 Å². The lowest BCUT2D eigenvalue weighted by Crippen LogP contribution is -2.26. The Morgan fingerprint density at radius 1 is 1.57 bits per heavy atom. The van der Waals surface area contributed by atoms with Gasteiger partial charge in [-0.3, -0.25) is 4.79 Å². The number of halogens is 1. The first kappa shape index (κ1) is 9.19. The summed E-state index contributed by atoms with van der Waals surface area (Å²) in [5.41, 5.74) is 0.370. The Morgan fingerprint density at radius 2 is 2.36 bits per heavy atom.